The molecule has 0 aromatic rings. The Morgan fingerprint density at radius 1 is 1.26 bits per heavy atom. The van der Waals surface area contributed by atoms with Crippen molar-refractivity contribution in [3.63, 3.8) is 0 Å². The van der Waals surface area contributed by atoms with E-state index in [9.17, 15) is 9.59 Å². The fraction of sp³-hybridized carbons (Fsp3) is 0.882. The van der Waals surface area contributed by atoms with Gasteiger partial charge in [0.1, 0.15) is 0 Å². The molecule has 0 aromatic carbocycles. The standard InChI is InChI=1S/C17H29N3O3/c18-15(21)12-20-13-17(5-4-16(20)22)6-8-19(9-7-17)11-14-3-1-2-10-23-14/h14H,1-13H2,(H2,18,21)/t14-/m0/s1. The molecule has 0 aliphatic carbocycles. The van der Waals surface area contributed by atoms with Gasteiger partial charge in [0.05, 0.1) is 12.6 Å². The van der Waals surface area contributed by atoms with Gasteiger partial charge in [-0.15, -0.1) is 0 Å². The summed E-state index contributed by atoms with van der Waals surface area (Å²) in [7, 11) is 0. The van der Waals surface area contributed by atoms with E-state index in [0.29, 0.717) is 19.1 Å². The summed E-state index contributed by atoms with van der Waals surface area (Å²) in [6, 6.07) is 0. The topological polar surface area (TPSA) is 75.9 Å². The van der Waals surface area contributed by atoms with E-state index < -0.39 is 5.91 Å². The number of hydrogen-bond acceptors (Lipinski definition) is 4. The second-order valence-corrected chi connectivity index (χ2v) is 7.51. The summed E-state index contributed by atoms with van der Waals surface area (Å²) >= 11 is 0. The molecule has 3 saturated heterocycles. The highest BCUT2D eigenvalue weighted by Gasteiger charge is 2.41. The molecule has 3 aliphatic rings. The van der Waals surface area contributed by atoms with Crippen LogP contribution in [0.1, 0.15) is 44.9 Å². The normalized spacial score (nSPS) is 29.0. The minimum atomic E-state index is -0.415. The largest absolute Gasteiger partial charge is 0.377 e. The number of nitrogens with zero attached hydrogens (tertiary/aromatic N) is 2. The van der Waals surface area contributed by atoms with Gasteiger partial charge in [0.25, 0.3) is 0 Å². The van der Waals surface area contributed by atoms with E-state index in [2.05, 4.69) is 4.90 Å². The summed E-state index contributed by atoms with van der Waals surface area (Å²) in [5, 5.41) is 0. The number of nitrogens with two attached hydrogens (primary N) is 1. The van der Waals surface area contributed by atoms with Crippen molar-refractivity contribution in [2.45, 2.75) is 51.0 Å². The van der Waals surface area contributed by atoms with Gasteiger partial charge < -0.3 is 20.3 Å². The summed E-state index contributed by atoms with van der Waals surface area (Å²) in [5.74, 6) is -0.338. The molecule has 0 saturated carbocycles. The van der Waals surface area contributed by atoms with Crippen molar-refractivity contribution in [2.24, 2.45) is 11.1 Å². The monoisotopic (exact) mass is 323 g/mol. The Morgan fingerprint density at radius 3 is 2.70 bits per heavy atom. The molecule has 23 heavy (non-hydrogen) atoms. The van der Waals surface area contributed by atoms with Crippen molar-refractivity contribution in [1.82, 2.24) is 9.80 Å². The molecule has 0 radical (unpaired) electrons. The third kappa shape index (κ3) is 4.23. The molecule has 0 unspecified atom stereocenters. The van der Waals surface area contributed by atoms with Crippen molar-refractivity contribution < 1.29 is 14.3 Å². The number of ether oxygens (including phenoxy) is 1. The summed E-state index contributed by atoms with van der Waals surface area (Å²) in [4.78, 5) is 27.3. The Bertz CT molecular complexity index is 440. The summed E-state index contributed by atoms with van der Waals surface area (Å²) < 4.78 is 5.85. The minimum absolute atomic E-state index is 0.0697. The second kappa shape index (κ2) is 7.18. The third-order valence-electron chi connectivity index (χ3n) is 5.75. The lowest BCUT2D eigenvalue weighted by Crippen LogP contribution is -2.53. The molecule has 2 N–H and O–H groups in total. The first-order chi connectivity index (χ1) is 11.1. The molecule has 2 amide bonds. The summed E-state index contributed by atoms with van der Waals surface area (Å²) in [5.41, 5.74) is 5.46. The highest BCUT2D eigenvalue weighted by Crippen LogP contribution is 2.40. The average molecular weight is 323 g/mol. The number of carbonyl (C=O) groups is 2. The zero-order chi connectivity index (χ0) is 16.3. The van der Waals surface area contributed by atoms with Gasteiger partial charge in [-0.2, -0.15) is 0 Å². The van der Waals surface area contributed by atoms with Crippen molar-refractivity contribution in [1.29, 1.82) is 0 Å². The molecule has 0 aromatic heterocycles. The van der Waals surface area contributed by atoms with Crippen LogP contribution >= 0.6 is 0 Å². The lowest BCUT2D eigenvalue weighted by atomic mass is 9.72. The molecule has 1 spiro atoms. The zero-order valence-electron chi connectivity index (χ0n) is 14.0. The number of piperidine rings is 2. The fourth-order valence-corrected chi connectivity index (χ4v) is 4.29. The maximum absolute atomic E-state index is 12.0. The van der Waals surface area contributed by atoms with E-state index in [4.69, 9.17) is 10.5 Å². The number of amides is 2. The van der Waals surface area contributed by atoms with E-state index in [-0.39, 0.29) is 17.9 Å². The molecular formula is C17H29N3O3. The van der Waals surface area contributed by atoms with Gasteiger partial charge in [-0.1, -0.05) is 0 Å². The SMILES string of the molecule is NC(=O)CN1CC2(CCC1=O)CCN(C[C@@H]1CCCCO1)CC2. The van der Waals surface area contributed by atoms with Crippen LogP contribution < -0.4 is 5.73 Å². The van der Waals surface area contributed by atoms with Crippen LogP contribution in [0.4, 0.5) is 0 Å². The van der Waals surface area contributed by atoms with Crippen LogP contribution in [0.5, 0.6) is 0 Å². The Balaban J connectivity index is 1.50. The van der Waals surface area contributed by atoms with Gasteiger partial charge in [-0.05, 0) is 57.0 Å². The maximum atomic E-state index is 12.0. The lowest BCUT2D eigenvalue weighted by molar-refractivity contribution is -0.142. The molecule has 6 heteroatoms. The van der Waals surface area contributed by atoms with Gasteiger partial charge in [0, 0.05) is 26.1 Å². The maximum Gasteiger partial charge on any atom is 0.237 e. The van der Waals surface area contributed by atoms with Gasteiger partial charge in [-0.3, -0.25) is 9.59 Å². The van der Waals surface area contributed by atoms with Crippen LogP contribution in [0.3, 0.4) is 0 Å². The van der Waals surface area contributed by atoms with Crippen molar-refractivity contribution >= 4 is 11.8 Å². The van der Waals surface area contributed by atoms with Gasteiger partial charge >= 0.3 is 0 Å². The Labute approximate surface area is 138 Å². The van der Waals surface area contributed by atoms with Gasteiger partial charge in [-0.25, -0.2) is 0 Å². The molecule has 1 atom stereocenters. The Morgan fingerprint density at radius 2 is 2.04 bits per heavy atom. The highest BCUT2D eigenvalue weighted by atomic mass is 16.5. The van der Waals surface area contributed by atoms with Crippen molar-refractivity contribution in [3.8, 4) is 0 Å². The molecule has 3 heterocycles. The predicted molar refractivity (Wildman–Crippen MR) is 86.7 cm³/mol. The second-order valence-electron chi connectivity index (χ2n) is 7.51. The Kier molecular flexibility index (Phi) is 5.21. The first-order valence-electron chi connectivity index (χ1n) is 8.96. The summed E-state index contributed by atoms with van der Waals surface area (Å²) in [6.07, 6.45) is 7.77. The van der Waals surface area contributed by atoms with E-state index in [1.165, 1.54) is 19.3 Å². The molecule has 6 nitrogen and oxygen atoms in total. The number of primary amides is 1. The number of rotatable bonds is 4. The first-order valence-corrected chi connectivity index (χ1v) is 8.96. The number of carbonyl (C=O) groups excluding carboxylic acids is 2. The predicted octanol–water partition coefficient (Wildman–Crippen LogP) is 0.745. The highest BCUT2D eigenvalue weighted by molar-refractivity contribution is 5.84. The van der Waals surface area contributed by atoms with Crippen molar-refractivity contribution in [3.05, 3.63) is 0 Å². The van der Waals surface area contributed by atoms with Crippen LogP contribution in [0.25, 0.3) is 0 Å². The van der Waals surface area contributed by atoms with Gasteiger partial charge in [0.2, 0.25) is 11.8 Å². The van der Waals surface area contributed by atoms with Crippen LogP contribution in [-0.2, 0) is 14.3 Å². The number of hydrogen-bond donors (Lipinski definition) is 1. The Hall–Kier alpha value is -1.14. The van der Waals surface area contributed by atoms with E-state index in [1.807, 2.05) is 0 Å². The molecule has 0 bridgehead atoms. The molecule has 3 fully saturated rings. The quantitative estimate of drug-likeness (QED) is 0.828. The first kappa shape index (κ1) is 16.7. The summed E-state index contributed by atoms with van der Waals surface area (Å²) in [6.45, 7) is 4.85. The smallest absolute Gasteiger partial charge is 0.237 e. The fourth-order valence-electron chi connectivity index (χ4n) is 4.29. The van der Waals surface area contributed by atoms with Crippen LogP contribution in [0.2, 0.25) is 0 Å². The van der Waals surface area contributed by atoms with E-state index in [0.717, 1.165) is 45.5 Å². The third-order valence-corrected chi connectivity index (χ3v) is 5.75. The lowest BCUT2D eigenvalue weighted by Gasteiger charge is -2.47. The van der Waals surface area contributed by atoms with Crippen LogP contribution in [0, 0.1) is 5.41 Å². The minimum Gasteiger partial charge on any atom is -0.377 e. The molecular weight excluding hydrogens is 294 g/mol. The van der Waals surface area contributed by atoms with Gasteiger partial charge in [0.15, 0.2) is 0 Å². The molecule has 3 aliphatic heterocycles. The molecule has 130 valence electrons. The van der Waals surface area contributed by atoms with Crippen molar-refractivity contribution in [2.75, 3.05) is 39.3 Å². The molecule has 3 rings (SSSR count). The average Bonchev–Trinajstić information content (AvgIpc) is 2.54. The van der Waals surface area contributed by atoms with Crippen LogP contribution in [-0.4, -0.2) is 67.0 Å². The van der Waals surface area contributed by atoms with E-state index >= 15 is 0 Å². The zero-order valence-corrected chi connectivity index (χ0v) is 14.0. The number of likely N-dealkylation sites (tertiary alicyclic amines) is 2. The van der Waals surface area contributed by atoms with E-state index in [1.54, 1.807) is 4.90 Å². The van der Waals surface area contributed by atoms with Crippen LogP contribution in [0.15, 0.2) is 0 Å².